The van der Waals surface area contributed by atoms with Crippen molar-refractivity contribution in [3.05, 3.63) is 34.2 Å². The summed E-state index contributed by atoms with van der Waals surface area (Å²) in [6, 6.07) is 4.03. The van der Waals surface area contributed by atoms with Crippen molar-refractivity contribution in [2.24, 2.45) is 0 Å². The number of pyridine rings is 1. The molecule has 2 aromatic rings. The fourth-order valence-corrected chi connectivity index (χ4v) is 2.24. The van der Waals surface area contributed by atoms with Gasteiger partial charge < -0.3 is 5.73 Å². The van der Waals surface area contributed by atoms with E-state index in [0.29, 0.717) is 5.82 Å². The normalized spacial score (nSPS) is 10.4. The fourth-order valence-electron chi connectivity index (χ4n) is 1.52. The van der Waals surface area contributed by atoms with Crippen molar-refractivity contribution in [3.8, 4) is 11.1 Å². The minimum absolute atomic E-state index is 0.583. The second-order valence-electron chi connectivity index (χ2n) is 3.31. The van der Waals surface area contributed by atoms with Crippen LogP contribution >= 0.6 is 11.3 Å². The first kappa shape index (κ1) is 9.21. The number of thiophene rings is 1. The lowest BCUT2D eigenvalue weighted by atomic mass is 10.0. The maximum Gasteiger partial charge on any atom is 0.123 e. The number of aryl methyl sites for hydroxylation is 2. The Morgan fingerprint density at radius 1 is 1.29 bits per heavy atom. The van der Waals surface area contributed by atoms with Crippen molar-refractivity contribution in [2.45, 2.75) is 13.8 Å². The van der Waals surface area contributed by atoms with E-state index in [9.17, 15) is 0 Å². The molecule has 2 N–H and O–H groups in total. The molecule has 0 saturated heterocycles. The summed E-state index contributed by atoms with van der Waals surface area (Å²) in [6.07, 6.45) is 1.85. The van der Waals surface area contributed by atoms with Crippen LogP contribution in [0.3, 0.4) is 0 Å². The van der Waals surface area contributed by atoms with E-state index in [1.54, 1.807) is 11.3 Å². The summed E-state index contributed by atoms with van der Waals surface area (Å²) in [6.45, 7) is 4.18. The van der Waals surface area contributed by atoms with E-state index in [4.69, 9.17) is 5.73 Å². The lowest BCUT2D eigenvalue weighted by Gasteiger charge is -2.05. The number of hydrogen-bond acceptors (Lipinski definition) is 3. The van der Waals surface area contributed by atoms with Crippen LogP contribution in [-0.4, -0.2) is 4.98 Å². The quantitative estimate of drug-likeness (QED) is 0.775. The van der Waals surface area contributed by atoms with E-state index in [1.807, 2.05) is 12.3 Å². The molecule has 0 bridgehead atoms. The first-order valence-electron chi connectivity index (χ1n) is 4.45. The molecule has 0 spiro atoms. The molecular formula is C11H12N2S. The molecule has 0 aromatic carbocycles. The molecule has 2 aromatic heterocycles. The lowest BCUT2D eigenvalue weighted by molar-refractivity contribution is 1.29. The van der Waals surface area contributed by atoms with Crippen LogP contribution in [0.15, 0.2) is 23.7 Å². The van der Waals surface area contributed by atoms with E-state index in [0.717, 1.165) is 0 Å². The average molecular weight is 204 g/mol. The predicted octanol–water partition coefficient (Wildman–Crippen LogP) is 3.01. The topological polar surface area (TPSA) is 38.9 Å². The Kier molecular flexibility index (Phi) is 2.25. The van der Waals surface area contributed by atoms with Crippen LogP contribution in [0.4, 0.5) is 5.82 Å². The summed E-state index contributed by atoms with van der Waals surface area (Å²) in [5.74, 6) is 0.583. The number of anilines is 1. The number of aromatic nitrogens is 1. The van der Waals surface area contributed by atoms with Gasteiger partial charge in [-0.1, -0.05) is 0 Å². The smallest absolute Gasteiger partial charge is 0.123 e. The Morgan fingerprint density at radius 2 is 2.07 bits per heavy atom. The number of rotatable bonds is 1. The molecule has 0 aliphatic rings. The maximum atomic E-state index is 5.61. The van der Waals surface area contributed by atoms with E-state index >= 15 is 0 Å². The molecule has 0 aliphatic carbocycles. The predicted molar refractivity (Wildman–Crippen MR) is 61.4 cm³/mol. The van der Waals surface area contributed by atoms with E-state index in [2.05, 4.69) is 30.3 Å². The Labute approximate surface area is 87.4 Å². The SMILES string of the molecule is Cc1cc(N)ncc1-c1ccsc1C. The Morgan fingerprint density at radius 3 is 2.64 bits per heavy atom. The largest absolute Gasteiger partial charge is 0.384 e. The summed E-state index contributed by atoms with van der Waals surface area (Å²) in [5.41, 5.74) is 9.23. The monoisotopic (exact) mass is 204 g/mol. The van der Waals surface area contributed by atoms with Gasteiger partial charge in [-0.3, -0.25) is 0 Å². The molecule has 0 fully saturated rings. The Bertz CT molecular complexity index is 460. The highest BCUT2D eigenvalue weighted by atomic mass is 32.1. The third-order valence-electron chi connectivity index (χ3n) is 2.28. The summed E-state index contributed by atoms with van der Waals surface area (Å²) < 4.78 is 0. The molecule has 0 amide bonds. The van der Waals surface area contributed by atoms with Crippen LogP contribution in [0.5, 0.6) is 0 Å². The molecular weight excluding hydrogens is 192 g/mol. The molecule has 0 unspecified atom stereocenters. The van der Waals surface area contributed by atoms with E-state index in [-0.39, 0.29) is 0 Å². The molecule has 2 rings (SSSR count). The lowest BCUT2D eigenvalue weighted by Crippen LogP contribution is -1.92. The van der Waals surface area contributed by atoms with E-state index in [1.165, 1.54) is 21.6 Å². The van der Waals surface area contributed by atoms with Crippen molar-refractivity contribution >= 4 is 17.2 Å². The Balaban J connectivity index is 2.58. The summed E-state index contributed by atoms with van der Waals surface area (Å²) in [5, 5.41) is 2.10. The van der Waals surface area contributed by atoms with Gasteiger partial charge in [-0.25, -0.2) is 4.98 Å². The third kappa shape index (κ3) is 1.51. The van der Waals surface area contributed by atoms with Crippen molar-refractivity contribution in [1.29, 1.82) is 0 Å². The molecule has 0 saturated carbocycles. The molecule has 72 valence electrons. The summed E-state index contributed by atoms with van der Waals surface area (Å²) >= 11 is 1.75. The number of nitrogens with zero attached hydrogens (tertiary/aromatic N) is 1. The number of nitrogen functional groups attached to an aromatic ring is 1. The van der Waals surface area contributed by atoms with Gasteiger partial charge in [0.1, 0.15) is 5.82 Å². The maximum absolute atomic E-state index is 5.61. The molecule has 3 heteroatoms. The van der Waals surface area contributed by atoms with Crippen LogP contribution in [0.1, 0.15) is 10.4 Å². The van der Waals surface area contributed by atoms with Crippen LogP contribution in [0, 0.1) is 13.8 Å². The second-order valence-corrected chi connectivity index (χ2v) is 4.43. The molecule has 0 atom stereocenters. The van der Waals surface area contributed by atoms with Gasteiger partial charge in [-0.15, -0.1) is 11.3 Å². The minimum Gasteiger partial charge on any atom is -0.384 e. The molecule has 14 heavy (non-hydrogen) atoms. The highest BCUT2D eigenvalue weighted by Crippen LogP contribution is 2.29. The zero-order chi connectivity index (χ0) is 10.1. The van der Waals surface area contributed by atoms with Gasteiger partial charge in [-0.05, 0) is 42.5 Å². The van der Waals surface area contributed by atoms with Gasteiger partial charge in [0.25, 0.3) is 0 Å². The summed E-state index contributed by atoms with van der Waals surface area (Å²) in [4.78, 5) is 5.44. The van der Waals surface area contributed by atoms with Crippen molar-refractivity contribution < 1.29 is 0 Å². The van der Waals surface area contributed by atoms with Crippen LogP contribution in [0.25, 0.3) is 11.1 Å². The van der Waals surface area contributed by atoms with Gasteiger partial charge in [0.15, 0.2) is 0 Å². The molecule has 0 aliphatic heterocycles. The van der Waals surface area contributed by atoms with Crippen LogP contribution < -0.4 is 5.73 Å². The Hall–Kier alpha value is -1.35. The zero-order valence-corrected chi connectivity index (χ0v) is 9.06. The van der Waals surface area contributed by atoms with E-state index < -0.39 is 0 Å². The standard InChI is InChI=1S/C11H12N2S/c1-7-5-11(12)13-6-10(7)9-3-4-14-8(9)2/h3-6H,1-2H3,(H2,12,13). The number of hydrogen-bond donors (Lipinski definition) is 1. The van der Waals surface area contributed by atoms with Gasteiger partial charge in [-0.2, -0.15) is 0 Å². The first-order chi connectivity index (χ1) is 6.68. The highest BCUT2D eigenvalue weighted by Gasteiger charge is 2.06. The zero-order valence-electron chi connectivity index (χ0n) is 8.24. The van der Waals surface area contributed by atoms with Crippen LogP contribution in [0.2, 0.25) is 0 Å². The molecule has 0 radical (unpaired) electrons. The van der Waals surface area contributed by atoms with Crippen LogP contribution in [-0.2, 0) is 0 Å². The summed E-state index contributed by atoms with van der Waals surface area (Å²) in [7, 11) is 0. The first-order valence-corrected chi connectivity index (χ1v) is 5.33. The highest BCUT2D eigenvalue weighted by molar-refractivity contribution is 7.10. The third-order valence-corrected chi connectivity index (χ3v) is 3.13. The van der Waals surface area contributed by atoms with Crippen molar-refractivity contribution in [2.75, 3.05) is 5.73 Å². The molecule has 2 heterocycles. The van der Waals surface area contributed by atoms with Crippen molar-refractivity contribution in [1.82, 2.24) is 4.98 Å². The van der Waals surface area contributed by atoms with Gasteiger partial charge in [0.2, 0.25) is 0 Å². The molecule has 2 nitrogen and oxygen atoms in total. The average Bonchev–Trinajstić information content (AvgIpc) is 2.52. The van der Waals surface area contributed by atoms with Crippen molar-refractivity contribution in [3.63, 3.8) is 0 Å². The second kappa shape index (κ2) is 3.42. The van der Waals surface area contributed by atoms with Gasteiger partial charge >= 0.3 is 0 Å². The van der Waals surface area contributed by atoms with Gasteiger partial charge in [0.05, 0.1) is 0 Å². The van der Waals surface area contributed by atoms with Gasteiger partial charge in [0, 0.05) is 16.6 Å². The minimum atomic E-state index is 0.583. The number of nitrogens with two attached hydrogens (primary N) is 1. The fraction of sp³-hybridized carbons (Fsp3) is 0.182.